The summed E-state index contributed by atoms with van der Waals surface area (Å²) < 4.78 is 20.6. The molecule has 0 bridgehead atoms. The van der Waals surface area contributed by atoms with Crippen LogP contribution in [0.15, 0.2) is 42.5 Å². The molecule has 4 rings (SSSR count). The molecular weight excluding hydrogens is 372 g/mol. The van der Waals surface area contributed by atoms with Crippen LogP contribution in [-0.4, -0.2) is 25.0 Å². The van der Waals surface area contributed by atoms with E-state index in [0.29, 0.717) is 17.1 Å². The van der Waals surface area contributed by atoms with Crippen molar-refractivity contribution < 1.29 is 8.76 Å². The number of nitrogens with zero attached hydrogens (tertiary/aromatic N) is 3. The van der Waals surface area contributed by atoms with Gasteiger partial charge in [-0.15, -0.1) is 10.2 Å². The van der Waals surface area contributed by atoms with Crippen molar-refractivity contribution >= 4 is 27.7 Å². The third-order valence-corrected chi connectivity index (χ3v) is 5.73. The Labute approximate surface area is 165 Å². The predicted molar refractivity (Wildman–Crippen MR) is 110 cm³/mol. The van der Waals surface area contributed by atoms with E-state index in [4.69, 9.17) is 0 Å². The molecule has 3 aromatic rings. The van der Waals surface area contributed by atoms with E-state index in [9.17, 15) is 14.0 Å². The molecule has 6 nitrogen and oxygen atoms in total. The van der Waals surface area contributed by atoms with Crippen molar-refractivity contribution in [3.8, 4) is 17.2 Å². The van der Waals surface area contributed by atoms with E-state index >= 15 is 0 Å². The lowest BCUT2D eigenvalue weighted by Crippen LogP contribution is -2.19. The maximum atomic E-state index is 11.3. The highest BCUT2D eigenvalue weighted by atomic mass is 32.2. The zero-order chi connectivity index (χ0) is 19.7. The van der Waals surface area contributed by atoms with Crippen molar-refractivity contribution in [1.29, 1.82) is 5.26 Å². The Morgan fingerprint density at radius 2 is 2.07 bits per heavy atom. The summed E-state index contributed by atoms with van der Waals surface area (Å²) in [6, 6.07) is 15.7. The Kier molecular flexibility index (Phi) is 5.07. The topological polar surface area (TPSA) is 98.9 Å². The molecule has 1 unspecified atom stereocenters. The molecule has 2 aromatic carbocycles. The summed E-state index contributed by atoms with van der Waals surface area (Å²) in [5, 5.41) is 22.1. The molecule has 0 amide bonds. The van der Waals surface area contributed by atoms with Gasteiger partial charge in [-0.2, -0.15) is 5.26 Å². The molecule has 1 aromatic heterocycles. The van der Waals surface area contributed by atoms with Gasteiger partial charge in [0.2, 0.25) is 0 Å². The Hall–Kier alpha value is -2.82. The molecule has 1 aliphatic carbocycles. The molecular formula is C21H20N4O2S. The molecule has 28 heavy (non-hydrogen) atoms. The molecule has 0 radical (unpaired) electrons. The van der Waals surface area contributed by atoms with Gasteiger partial charge in [-0.1, -0.05) is 30.3 Å². The van der Waals surface area contributed by atoms with Gasteiger partial charge < -0.3 is 9.87 Å². The molecule has 0 aliphatic heterocycles. The van der Waals surface area contributed by atoms with Crippen LogP contribution in [0.1, 0.15) is 31.0 Å². The van der Waals surface area contributed by atoms with Gasteiger partial charge >= 0.3 is 0 Å². The number of nitriles is 1. The highest BCUT2D eigenvalue weighted by Gasteiger charge is 2.29. The quantitative estimate of drug-likeness (QED) is 0.613. The molecule has 0 saturated heterocycles. The Morgan fingerprint density at radius 1 is 1.29 bits per heavy atom. The third-order valence-electron chi connectivity index (χ3n) is 5.18. The van der Waals surface area contributed by atoms with Crippen LogP contribution in [0.25, 0.3) is 22.0 Å². The van der Waals surface area contributed by atoms with E-state index in [1.165, 1.54) is 12.8 Å². The second-order valence-electron chi connectivity index (χ2n) is 7.16. The minimum atomic E-state index is -1.92. The maximum Gasteiger partial charge on any atom is 0.186 e. The number of aromatic nitrogens is 2. The van der Waals surface area contributed by atoms with Crippen molar-refractivity contribution in [2.24, 2.45) is 5.92 Å². The SMILES string of the molecule is C[C@@H](Nc1c(C#N)nnc2cc(-c3ccccc3CS(=O)O)ccc12)C1CC1. The Morgan fingerprint density at radius 3 is 2.79 bits per heavy atom. The fraction of sp³-hybridized carbons (Fsp3) is 0.286. The number of hydrogen-bond donors (Lipinski definition) is 2. The van der Waals surface area contributed by atoms with Crippen LogP contribution in [0.5, 0.6) is 0 Å². The normalized spacial score (nSPS) is 15.8. The second kappa shape index (κ2) is 7.66. The van der Waals surface area contributed by atoms with Gasteiger partial charge in [-0.25, -0.2) is 4.21 Å². The second-order valence-corrected chi connectivity index (χ2v) is 8.09. The number of anilines is 1. The average Bonchev–Trinajstić information content (AvgIpc) is 3.53. The number of nitrogens with one attached hydrogen (secondary N) is 1. The molecule has 1 fully saturated rings. The van der Waals surface area contributed by atoms with Gasteiger partial charge in [0, 0.05) is 11.4 Å². The average molecular weight is 392 g/mol. The van der Waals surface area contributed by atoms with Gasteiger partial charge in [0.25, 0.3) is 0 Å². The van der Waals surface area contributed by atoms with Gasteiger partial charge in [-0.05, 0) is 54.5 Å². The first-order valence-electron chi connectivity index (χ1n) is 9.19. The highest BCUT2D eigenvalue weighted by Crippen LogP contribution is 2.36. The molecule has 0 spiro atoms. The van der Waals surface area contributed by atoms with E-state index in [-0.39, 0.29) is 11.8 Å². The van der Waals surface area contributed by atoms with Crippen molar-refractivity contribution in [3.05, 3.63) is 53.7 Å². The van der Waals surface area contributed by atoms with Crippen LogP contribution in [0.4, 0.5) is 5.69 Å². The van der Waals surface area contributed by atoms with Crippen LogP contribution in [0.3, 0.4) is 0 Å². The fourth-order valence-corrected chi connectivity index (χ4v) is 4.02. The third kappa shape index (κ3) is 3.75. The van der Waals surface area contributed by atoms with Crippen LogP contribution >= 0.6 is 0 Å². The minimum absolute atomic E-state index is 0.0684. The lowest BCUT2D eigenvalue weighted by Gasteiger charge is -2.17. The van der Waals surface area contributed by atoms with E-state index < -0.39 is 11.1 Å². The number of hydrogen-bond acceptors (Lipinski definition) is 5. The molecule has 2 atom stereocenters. The van der Waals surface area contributed by atoms with E-state index in [1.54, 1.807) is 0 Å². The van der Waals surface area contributed by atoms with Crippen LogP contribution < -0.4 is 5.32 Å². The standard InChI is InChI=1S/C21H20N4O2S/c1-13(14-6-7-14)23-21-18-9-8-15(10-19(18)24-25-20(21)11-22)17-5-3-2-4-16(17)12-28(26)27/h2-5,8-10,13-14H,6-7,12H2,1H3,(H,23,24)(H,26,27)/t13-/m1/s1. The van der Waals surface area contributed by atoms with Gasteiger partial charge in [-0.3, -0.25) is 0 Å². The lowest BCUT2D eigenvalue weighted by molar-refractivity contribution is 0.563. The largest absolute Gasteiger partial charge is 0.379 e. The van der Waals surface area contributed by atoms with E-state index in [0.717, 1.165) is 27.8 Å². The van der Waals surface area contributed by atoms with Crippen LogP contribution in [0.2, 0.25) is 0 Å². The first-order chi connectivity index (χ1) is 13.6. The number of fused-ring (bicyclic) bond motifs is 1. The monoisotopic (exact) mass is 392 g/mol. The molecule has 1 saturated carbocycles. The smallest absolute Gasteiger partial charge is 0.186 e. The van der Waals surface area contributed by atoms with Crippen LogP contribution in [-0.2, 0) is 16.8 Å². The lowest BCUT2D eigenvalue weighted by atomic mass is 9.99. The summed E-state index contributed by atoms with van der Waals surface area (Å²) >= 11 is -1.92. The van der Waals surface area contributed by atoms with Gasteiger partial charge in [0.05, 0.1) is 17.0 Å². The summed E-state index contributed by atoms with van der Waals surface area (Å²) in [6.45, 7) is 2.13. The number of benzene rings is 2. The van der Waals surface area contributed by atoms with Crippen LogP contribution in [0, 0.1) is 17.2 Å². The van der Waals surface area contributed by atoms with Gasteiger partial charge in [0.1, 0.15) is 6.07 Å². The molecule has 7 heteroatoms. The summed E-state index contributed by atoms with van der Waals surface area (Å²) in [7, 11) is 0. The molecule has 2 N–H and O–H groups in total. The van der Waals surface area contributed by atoms with Crippen molar-refractivity contribution in [3.63, 3.8) is 0 Å². The Bertz CT molecular complexity index is 1110. The fourth-order valence-electron chi connectivity index (χ4n) is 3.50. The highest BCUT2D eigenvalue weighted by molar-refractivity contribution is 7.78. The first-order valence-corrected chi connectivity index (χ1v) is 10.5. The maximum absolute atomic E-state index is 11.3. The van der Waals surface area contributed by atoms with Crippen molar-refractivity contribution in [2.45, 2.75) is 31.6 Å². The summed E-state index contributed by atoms with van der Waals surface area (Å²) in [5.74, 6) is 0.708. The van der Waals surface area contributed by atoms with E-state index in [2.05, 4.69) is 28.5 Å². The van der Waals surface area contributed by atoms with Crippen molar-refractivity contribution in [1.82, 2.24) is 10.2 Å². The Balaban J connectivity index is 1.78. The first kappa shape index (κ1) is 18.5. The van der Waals surface area contributed by atoms with Gasteiger partial charge in [0.15, 0.2) is 16.8 Å². The van der Waals surface area contributed by atoms with Crippen molar-refractivity contribution in [2.75, 3.05) is 5.32 Å². The summed E-state index contributed by atoms with van der Waals surface area (Å²) in [6.07, 6.45) is 2.42. The zero-order valence-corrected chi connectivity index (χ0v) is 16.2. The molecule has 1 aliphatic rings. The number of rotatable bonds is 6. The molecule has 1 heterocycles. The minimum Gasteiger partial charge on any atom is -0.379 e. The summed E-state index contributed by atoms with van der Waals surface area (Å²) in [5.41, 5.74) is 4.28. The predicted octanol–water partition coefficient (Wildman–Crippen LogP) is 4.10. The molecule has 142 valence electrons. The van der Waals surface area contributed by atoms with E-state index in [1.807, 2.05) is 42.5 Å². The zero-order valence-electron chi connectivity index (χ0n) is 15.4. The summed E-state index contributed by atoms with van der Waals surface area (Å²) in [4.78, 5) is 0.